The second kappa shape index (κ2) is 7.21. The number of nitrogens with one attached hydrogen (secondary N) is 1. The fourth-order valence-corrected chi connectivity index (χ4v) is 3.35. The molecule has 1 aliphatic heterocycles. The van der Waals surface area contributed by atoms with Gasteiger partial charge in [-0.1, -0.05) is 13.0 Å². The predicted octanol–water partition coefficient (Wildman–Crippen LogP) is 2.54. The molecule has 5 nitrogen and oxygen atoms in total. The molecule has 0 unspecified atom stereocenters. The average Bonchev–Trinajstić information content (AvgIpc) is 3.01. The molecule has 1 aliphatic carbocycles. The fourth-order valence-electron chi connectivity index (χ4n) is 3.35. The standard InChI is InChI=1S/C18H26N2O3/c1-13-3-6-15(7-4-13)20(2)11-18(21)19-10-14-5-8-16-17(9-14)23-12-22-16/h5,8-9,13,15H,3-4,6-7,10-12H2,1-2H3,(H,19,21). The van der Waals surface area contributed by atoms with Crippen molar-refractivity contribution in [2.45, 2.75) is 45.2 Å². The number of carbonyl (C=O) groups excluding carboxylic acids is 1. The Bertz CT molecular complexity index is 553. The molecule has 0 saturated heterocycles. The normalized spacial score (nSPS) is 23.1. The maximum absolute atomic E-state index is 12.2. The number of benzene rings is 1. The van der Waals surface area contributed by atoms with Crippen molar-refractivity contribution in [1.29, 1.82) is 0 Å². The van der Waals surface area contributed by atoms with Crippen LogP contribution in [0.2, 0.25) is 0 Å². The van der Waals surface area contributed by atoms with E-state index in [1.807, 2.05) is 18.2 Å². The number of fused-ring (bicyclic) bond motifs is 1. The van der Waals surface area contributed by atoms with Crippen molar-refractivity contribution in [2.24, 2.45) is 5.92 Å². The van der Waals surface area contributed by atoms with E-state index in [1.54, 1.807) is 0 Å². The maximum Gasteiger partial charge on any atom is 0.234 e. The van der Waals surface area contributed by atoms with Crippen molar-refractivity contribution in [3.63, 3.8) is 0 Å². The van der Waals surface area contributed by atoms with Gasteiger partial charge in [-0.15, -0.1) is 0 Å². The molecule has 1 amide bonds. The summed E-state index contributed by atoms with van der Waals surface area (Å²) >= 11 is 0. The van der Waals surface area contributed by atoms with E-state index in [0.717, 1.165) is 23.0 Å². The van der Waals surface area contributed by atoms with Gasteiger partial charge in [0.1, 0.15) is 0 Å². The molecular weight excluding hydrogens is 292 g/mol. The van der Waals surface area contributed by atoms with Crippen LogP contribution >= 0.6 is 0 Å². The zero-order valence-corrected chi connectivity index (χ0v) is 14.0. The Hall–Kier alpha value is -1.75. The first-order valence-electron chi connectivity index (χ1n) is 8.47. The summed E-state index contributed by atoms with van der Waals surface area (Å²) in [5.41, 5.74) is 1.02. The zero-order valence-electron chi connectivity index (χ0n) is 14.0. The molecule has 2 aliphatic rings. The topological polar surface area (TPSA) is 50.8 Å². The van der Waals surface area contributed by atoms with Crippen LogP contribution in [0.4, 0.5) is 0 Å². The Labute approximate surface area is 137 Å². The van der Waals surface area contributed by atoms with Gasteiger partial charge in [-0.25, -0.2) is 0 Å². The first kappa shape index (κ1) is 16.1. The SMILES string of the molecule is CC1CCC(N(C)CC(=O)NCc2ccc3c(c2)OCO3)CC1. The van der Waals surface area contributed by atoms with E-state index in [-0.39, 0.29) is 12.7 Å². The fraction of sp³-hybridized carbons (Fsp3) is 0.611. The molecule has 1 aromatic carbocycles. The molecule has 0 aromatic heterocycles. The van der Waals surface area contributed by atoms with Crippen LogP contribution in [0.25, 0.3) is 0 Å². The van der Waals surface area contributed by atoms with Crippen molar-refractivity contribution in [2.75, 3.05) is 20.4 Å². The van der Waals surface area contributed by atoms with Gasteiger partial charge >= 0.3 is 0 Å². The molecule has 0 atom stereocenters. The lowest BCUT2D eigenvalue weighted by molar-refractivity contribution is -0.122. The summed E-state index contributed by atoms with van der Waals surface area (Å²) in [7, 11) is 2.06. The lowest BCUT2D eigenvalue weighted by Crippen LogP contribution is -2.41. The van der Waals surface area contributed by atoms with Gasteiger partial charge in [0.25, 0.3) is 0 Å². The van der Waals surface area contributed by atoms with Crippen molar-refractivity contribution in [3.05, 3.63) is 23.8 Å². The maximum atomic E-state index is 12.2. The summed E-state index contributed by atoms with van der Waals surface area (Å²) < 4.78 is 10.6. The van der Waals surface area contributed by atoms with E-state index >= 15 is 0 Å². The van der Waals surface area contributed by atoms with Gasteiger partial charge in [-0.3, -0.25) is 9.69 Å². The largest absolute Gasteiger partial charge is 0.454 e. The minimum absolute atomic E-state index is 0.0730. The lowest BCUT2D eigenvalue weighted by atomic mass is 9.87. The van der Waals surface area contributed by atoms with Crippen LogP contribution in [-0.4, -0.2) is 37.2 Å². The number of likely N-dealkylation sites (N-methyl/N-ethyl adjacent to an activating group) is 1. The van der Waals surface area contributed by atoms with E-state index in [9.17, 15) is 4.79 Å². The van der Waals surface area contributed by atoms with Crippen LogP contribution < -0.4 is 14.8 Å². The minimum atomic E-state index is 0.0730. The molecule has 1 heterocycles. The van der Waals surface area contributed by atoms with Gasteiger partial charge in [0, 0.05) is 12.6 Å². The predicted molar refractivity (Wildman–Crippen MR) is 88.5 cm³/mol. The van der Waals surface area contributed by atoms with Crippen molar-refractivity contribution in [1.82, 2.24) is 10.2 Å². The van der Waals surface area contributed by atoms with E-state index in [1.165, 1.54) is 25.7 Å². The van der Waals surface area contributed by atoms with Crippen molar-refractivity contribution < 1.29 is 14.3 Å². The first-order chi connectivity index (χ1) is 11.1. The summed E-state index contributed by atoms with van der Waals surface area (Å²) in [5.74, 6) is 2.43. The Morgan fingerprint density at radius 1 is 1.22 bits per heavy atom. The summed E-state index contributed by atoms with van der Waals surface area (Å²) in [6, 6.07) is 6.32. The van der Waals surface area contributed by atoms with Gasteiger partial charge in [0.2, 0.25) is 12.7 Å². The molecule has 23 heavy (non-hydrogen) atoms. The molecule has 0 radical (unpaired) electrons. The highest BCUT2D eigenvalue weighted by atomic mass is 16.7. The third-order valence-electron chi connectivity index (χ3n) is 4.93. The van der Waals surface area contributed by atoms with E-state index in [0.29, 0.717) is 19.1 Å². The molecule has 0 spiro atoms. The van der Waals surface area contributed by atoms with Crippen LogP contribution in [0.5, 0.6) is 11.5 Å². The van der Waals surface area contributed by atoms with Crippen molar-refractivity contribution in [3.8, 4) is 11.5 Å². The third kappa shape index (κ3) is 4.16. The van der Waals surface area contributed by atoms with E-state index in [4.69, 9.17) is 9.47 Å². The number of amides is 1. The quantitative estimate of drug-likeness (QED) is 0.906. The van der Waals surface area contributed by atoms with Crippen LogP contribution in [0.15, 0.2) is 18.2 Å². The average molecular weight is 318 g/mol. The van der Waals surface area contributed by atoms with Crippen LogP contribution in [0, 0.1) is 5.92 Å². The minimum Gasteiger partial charge on any atom is -0.454 e. The zero-order chi connectivity index (χ0) is 16.2. The smallest absolute Gasteiger partial charge is 0.234 e. The van der Waals surface area contributed by atoms with Crippen LogP contribution in [0.3, 0.4) is 0 Å². The van der Waals surface area contributed by atoms with Crippen LogP contribution in [0.1, 0.15) is 38.2 Å². The van der Waals surface area contributed by atoms with Gasteiger partial charge < -0.3 is 14.8 Å². The monoisotopic (exact) mass is 318 g/mol. The Kier molecular flexibility index (Phi) is 5.06. The summed E-state index contributed by atoms with van der Waals surface area (Å²) in [4.78, 5) is 14.4. The second-order valence-corrected chi connectivity index (χ2v) is 6.79. The summed E-state index contributed by atoms with van der Waals surface area (Å²) in [6.07, 6.45) is 4.95. The molecule has 5 heteroatoms. The van der Waals surface area contributed by atoms with Gasteiger partial charge in [0.05, 0.1) is 6.54 Å². The third-order valence-corrected chi connectivity index (χ3v) is 4.93. The summed E-state index contributed by atoms with van der Waals surface area (Å²) in [5, 5.41) is 2.99. The lowest BCUT2D eigenvalue weighted by Gasteiger charge is -2.33. The van der Waals surface area contributed by atoms with E-state index < -0.39 is 0 Å². The Morgan fingerprint density at radius 2 is 1.96 bits per heavy atom. The highest BCUT2D eigenvalue weighted by Gasteiger charge is 2.22. The molecule has 1 aromatic rings. The van der Waals surface area contributed by atoms with Gasteiger partial charge in [-0.2, -0.15) is 0 Å². The van der Waals surface area contributed by atoms with Crippen LogP contribution in [-0.2, 0) is 11.3 Å². The summed E-state index contributed by atoms with van der Waals surface area (Å²) in [6.45, 7) is 3.57. The van der Waals surface area contributed by atoms with Crippen molar-refractivity contribution >= 4 is 5.91 Å². The highest BCUT2D eigenvalue weighted by molar-refractivity contribution is 5.78. The Balaban J connectivity index is 1.44. The number of rotatable bonds is 5. The molecule has 1 saturated carbocycles. The number of hydrogen-bond acceptors (Lipinski definition) is 4. The molecular formula is C18H26N2O3. The number of nitrogens with zero attached hydrogens (tertiary/aromatic N) is 1. The van der Waals surface area contributed by atoms with E-state index in [2.05, 4.69) is 24.2 Å². The molecule has 3 rings (SSSR count). The van der Waals surface area contributed by atoms with Gasteiger partial charge in [-0.05, 0) is 56.3 Å². The molecule has 126 valence electrons. The molecule has 1 fully saturated rings. The number of hydrogen-bond donors (Lipinski definition) is 1. The van der Waals surface area contributed by atoms with Gasteiger partial charge in [0.15, 0.2) is 11.5 Å². The molecule has 0 bridgehead atoms. The Morgan fingerprint density at radius 3 is 2.74 bits per heavy atom. The number of carbonyl (C=O) groups is 1. The molecule has 1 N–H and O–H groups in total. The first-order valence-corrected chi connectivity index (χ1v) is 8.47. The second-order valence-electron chi connectivity index (χ2n) is 6.79. The highest BCUT2D eigenvalue weighted by Crippen LogP contribution is 2.32. The number of ether oxygens (including phenoxy) is 2.